The highest BCUT2D eigenvalue weighted by molar-refractivity contribution is 6.53. The maximum atomic E-state index is 14.2. The number of allylic oxidation sites excluding steroid dienone is 2. The lowest BCUT2D eigenvalue weighted by Gasteiger charge is -2.50. The van der Waals surface area contributed by atoms with Crippen molar-refractivity contribution >= 4 is 58.3 Å². The Kier molecular flexibility index (Phi) is 7.49. The topological polar surface area (TPSA) is 121 Å². The highest BCUT2D eigenvalue weighted by Gasteiger charge is 2.76. The number of likely N-dealkylation sites (tertiary alicyclic amines) is 1. The van der Waals surface area contributed by atoms with Crippen molar-refractivity contribution in [3.63, 3.8) is 0 Å². The number of imide groups is 2. The predicted octanol–water partition coefficient (Wildman–Crippen LogP) is 5.72. The van der Waals surface area contributed by atoms with Crippen molar-refractivity contribution in [2.45, 2.75) is 34.9 Å². The zero-order valence-corrected chi connectivity index (χ0v) is 26.9. The van der Waals surface area contributed by atoms with Crippen LogP contribution in [0.1, 0.15) is 40.2 Å². The van der Waals surface area contributed by atoms with Gasteiger partial charge in [0, 0.05) is 29.7 Å². The second-order valence-corrected chi connectivity index (χ2v) is 13.8. The molecule has 2 aliphatic carbocycles. The summed E-state index contributed by atoms with van der Waals surface area (Å²) in [5.74, 6) is -9.02. The lowest BCUT2D eigenvalue weighted by Crippen LogP contribution is -2.60. The molecule has 3 aromatic rings. The van der Waals surface area contributed by atoms with Gasteiger partial charge in [-0.05, 0) is 61.2 Å². The molecule has 4 aliphatic rings. The molecule has 6 atom stereocenters. The number of nitrogens with zero attached hydrogens (tertiary/aromatic N) is 2. The minimum absolute atomic E-state index is 0.0155. The number of ether oxygens (including phenoxy) is 1. The van der Waals surface area contributed by atoms with E-state index >= 15 is 0 Å². The number of benzene rings is 3. The SMILES string of the molecule is CN1C(=O)C2(Cl)CC3C(=CCC4C(=O)N(c5ccc(C(=O)c6ccccc6)cc5)C(=O)C43)C(c3cc(OC(F)(F)F)ccc3O)C2(Cl)C1=O. The molecule has 0 bridgehead atoms. The Morgan fingerprint density at radius 1 is 0.898 bits per heavy atom. The van der Waals surface area contributed by atoms with Crippen LogP contribution >= 0.6 is 23.2 Å². The molecule has 14 heteroatoms. The Hall–Kier alpha value is -4.68. The number of ketones is 1. The molecule has 4 amide bonds. The van der Waals surface area contributed by atoms with E-state index in [0.717, 1.165) is 35.0 Å². The summed E-state index contributed by atoms with van der Waals surface area (Å²) in [4.78, 5) is 65.6. The van der Waals surface area contributed by atoms with E-state index in [1.54, 1.807) is 36.4 Å². The first-order valence-corrected chi connectivity index (χ1v) is 15.9. The third-order valence-corrected chi connectivity index (χ3v) is 11.4. The third kappa shape index (κ3) is 4.79. The number of hydrogen-bond acceptors (Lipinski definition) is 7. The molecule has 1 N–H and O–H groups in total. The number of phenols is 1. The van der Waals surface area contributed by atoms with Crippen molar-refractivity contribution < 1.29 is 47.0 Å². The lowest BCUT2D eigenvalue weighted by molar-refractivity contribution is -0.274. The molecule has 0 radical (unpaired) electrons. The van der Waals surface area contributed by atoms with E-state index in [0.29, 0.717) is 11.1 Å². The number of rotatable bonds is 5. The number of amides is 4. The van der Waals surface area contributed by atoms with E-state index in [4.69, 9.17) is 23.2 Å². The van der Waals surface area contributed by atoms with Crippen LogP contribution in [0.15, 0.2) is 84.4 Å². The first-order chi connectivity index (χ1) is 23.1. The van der Waals surface area contributed by atoms with Crippen molar-refractivity contribution in [2.75, 3.05) is 11.9 Å². The fourth-order valence-corrected chi connectivity index (χ4v) is 8.83. The molecule has 0 aromatic heterocycles. The number of phenolic OH excluding ortho intramolecular Hbond substituents is 1. The molecule has 7 rings (SSSR count). The quantitative estimate of drug-likeness (QED) is 0.156. The van der Waals surface area contributed by atoms with Gasteiger partial charge in [-0.1, -0.05) is 42.0 Å². The van der Waals surface area contributed by atoms with E-state index in [2.05, 4.69) is 4.74 Å². The Bertz CT molecular complexity index is 1990. The highest BCUT2D eigenvalue weighted by atomic mass is 35.5. The van der Waals surface area contributed by atoms with Gasteiger partial charge in [-0.25, -0.2) is 0 Å². The van der Waals surface area contributed by atoms with E-state index in [9.17, 15) is 42.3 Å². The standard InChI is InChI=1S/C35H25Cl2F3N2O7/c1-41-31(47)33(36)16-24-21(27(34(33,37)32(41)48)23-15-20(11-14-25(23)43)49-35(38,39)40)12-13-22-26(24)30(46)42(29(22)45)19-9-7-18(8-10-19)28(44)17-5-3-2-4-6-17/h2-12,14-15,22,24,26-27,43H,13,16H2,1H3. The Morgan fingerprint density at radius 3 is 2.20 bits per heavy atom. The molecular formula is C35H25Cl2F3N2O7. The number of fused-ring (bicyclic) bond motifs is 4. The molecule has 252 valence electrons. The predicted molar refractivity (Wildman–Crippen MR) is 169 cm³/mol. The van der Waals surface area contributed by atoms with Gasteiger partial charge in [-0.3, -0.25) is 33.8 Å². The molecule has 1 saturated carbocycles. The van der Waals surface area contributed by atoms with Crippen molar-refractivity contribution in [1.29, 1.82) is 0 Å². The minimum Gasteiger partial charge on any atom is -0.508 e. The molecule has 3 aromatic carbocycles. The molecule has 49 heavy (non-hydrogen) atoms. The number of hydrogen-bond donors (Lipinski definition) is 1. The Morgan fingerprint density at radius 2 is 1.55 bits per heavy atom. The van der Waals surface area contributed by atoms with Crippen LogP contribution in [0.3, 0.4) is 0 Å². The first-order valence-electron chi connectivity index (χ1n) is 15.1. The molecule has 9 nitrogen and oxygen atoms in total. The van der Waals surface area contributed by atoms with Crippen LogP contribution in [-0.2, 0) is 19.2 Å². The second-order valence-electron chi connectivity index (χ2n) is 12.5. The smallest absolute Gasteiger partial charge is 0.508 e. The normalized spacial score (nSPS) is 29.4. The van der Waals surface area contributed by atoms with Crippen molar-refractivity contribution in [3.05, 3.63) is 101 Å². The average molecular weight is 713 g/mol. The van der Waals surface area contributed by atoms with Crippen molar-refractivity contribution in [2.24, 2.45) is 17.8 Å². The maximum absolute atomic E-state index is 14.2. The number of halogens is 5. The average Bonchev–Trinajstić information content (AvgIpc) is 3.40. The van der Waals surface area contributed by atoms with E-state index in [1.807, 2.05) is 0 Å². The van der Waals surface area contributed by atoms with Crippen LogP contribution in [0.25, 0.3) is 0 Å². The van der Waals surface area contributed by atoms with Gasteiger partial charge in [-0.15, -0.1) is 36.4 Å². The van der Waals surface area contributed by atoms with Crippen molar-refractivity contribution in [3.8, 4) is 11.5 Å². The largest absolute Gasteiger partial charge is 0.573 e. The summed E-state index contributed by atoms with van der Waals surface area (Å²) in [6.07, 6.45) is -3.88. The number of aromatic hydroxyl groups is 1. The lowest BCUT2D eigenvalue weighted by atomic mass is 9.56. The zero-order valence-electron chi connectivity index (χ0n) is 25.4. The summed E-state index contributed by atoms with van der Waals surface area (Å²) in [5.41, 5.74) is 0.988. The molecule has 2 heterocycles. The summed E-state index contributed by atoms with van der Waals surface area (Å²) < 4.78 is 43.7. The molecule has 2 saturated heterocycles. The Labute approximate surface area is 286 Å². The summed E-state index contributed by atoms with van der Waals surface area (Å²) in [7, 11) is 1.16. The number of alkyl halides is 5. The zero-order chi connectivity index (χ0) is 35.2. The highest BCUT2D eigenvalue weighted by Crippen LogP contribution is 2.66. The van der Waals surface area contributed by atoms with Crippen LogP contribution in [0, 0.1) is 17.8 Å². The van der Waals surface area contributed by atoms with Crippen LogP contribution in [0.5, 0.6) is 11.5 Å². The van der Waals surface area contributed by atoms with Crippen LogP contribution in [-0.4, -0.2) is 62.6 Å². The van der Waals surface area contributed by atoms with Crippen LogP contribution < -0.4 is 9.64 Å². The molecular weight excluding hydrogens is 688 g/mol. The Balaban J connectivity index is 1.29. The fourth-order valence-electron chi connectivity index (χ4n) is 7.82. The van der Waals surface area contributed by atoms with Crippen LogP contribution in [0.2, 0.25) is 0 Å². The van der Waals surface area contributed by atoms with Gasteiger partial charge in [0.25, 0.3) is 11.8 Å². The van der Waals surface area contributed by atoms with Crippen LogP contribution in [0.4, 0.5) is 18.9 Å². The summed E-state index contributed by atoms with van der Waals surface area (Å²) in [6.45, 7) is 0. The van der Waals surface area contributed by atoms with Gasteiger partial charge in [0.05, 0.1) is 17.5 Å². The second kappa shape index (κ2) is 11.2. The molecule has 6 unspecified atom stereocenters. The van der Waals surface area contributed by atoms with Gasteiger partial charge < -0.3 is 9.84 Å². The number of carbonyl (C=O) groups is 5. The van der Waals surface area contributed by atoms with E-state index in [1.165, 1.54) is 24.3 Å². The summed E-state index contributed by atoms with van der Waals surface area (Å²) >= 11 is 14.1. The first kappa shape index (κ1) is 32.8. The molecule has 3 fully saturated rings. The van der Waals surface area contributed by atoms with Gasteiger partial charge in [0.2, 0.25) is 11.8 Å². The van der Waals surface area contributed by atoms with Gasteiger partial charge in [0.15, 0.2) is 15.5 Å². The monoisotopic (exact) mass is 712 g/mol. The molecule has 2 aliphatic heterocycles. The number of anilines is 1. The summed E-state index contributed by atoms with van der Waals surface area (Å²) in [5, 5.41) is 11.0. The maximum Gasteiger partial charge on any atom is 0.573 e. The third-order valence-electron chi connectivity index (χ3n) is 9.98. The minimum atomic E-state index is -5.10. The fraction of sp³-hybridized carbons (Fsp3) is 0.286. The summed E-state index contributed by atoms with van der Waals surface area (Å²) in [6, 6.07) is 17.2. The number of carbonyl (C=O) groups excluding carboxylic acids is 5. The van der Waals surface area contributed by atoms with Gasteiger partial charge in [-0.2, -0.15) is 0 Å². The van der Waals surface area contributed by atoms with E-state index in [-0.39, 0.29) is 35.4 Å². The molecule has 0 spiro atoms. The van der Waals surface area contributed by atoms with Crippen molar-refractivity contribution in [1.82, 2.24) is 4.90 Å². The van der Waals surface area contributed by atoms with E-state index < -0.39 is 74.9 Å². The van der Waals surface area contributed by atoms with Gasteiger partial charge in [0.1, 0.15) is 11.5 Å². The van der Waals surface area contributed by atoms with Gasteiger partial charge >= 0.3 is 6.36 Å².